The van der Waals surface area contributed by atoms with E-state index in [1.54, 1.807) is 6.07 Å². The smallest absolute Gasteiger partial charge is 0.340 e. The number of aromatic nitrogens is 1. The van der Waals surface area contributed by atoms with Gasteiger partial charge in [0.25, 0.3) is 5.91 Å². The molecule has 174 valence electrons. The van der Waals surface area contributed by atoms with Gasteiger partial charge < -0.3 is 14.6 Å². The molecule has 9 heteroatoms. The molecule has 0 atom stereocenters. The number of rotatable bonds is 7. The highest BCUT2D eigenvalue weighted by molar-refractivity contribution is 7.89. The van der Waals surface area contributed by atoms with Gasteiger partial charge in [-0.25, -0.2) is 17.5 Å². The minimum absolute atomic E-state index is 0.112. The van der Waals surface area contributed by atoms with E-state index in [9.17, 15) is 18.0 Å². The third-order valence-corrected chi connectivity index (χ3v) is 6.99. The maximum Gasteiger partial charge on any atom is 0.340 e. The summed E-state index contributed by atoms with van der Waals surface area (Å²) in [5.74, 6) is -1.12. The first kappa shape index (κ1) is 24.2. The fourth-order valence-corrected chi connectivity index (χ4v) is 4.36. The van der Waals surface area contributed by atoms with Crippen molar-refractivity contribution in [3.63, 3.8) is 0 Å². The number of amides is 1. The van der Waals surface area contributed by atoms with Gasteiger partial charge in [-0.1, -0.05) is 12.1 Å². The fourth-order valence-electron chi connectivity index (χ4n) is 3.46. The maximum atomic E-state index is 12.6. The second-order valence-electron chi connectivity index (χ2n) is 7.90. The molecule has 0 fully saturated rings. The molecular formula is C24H27N3O5S. The standard InChI is InChI=1S/C24H27N3O5S/c1-16-7-6-8-20(13-16)27-17(2)14-22(18(27)3)24(29)32-15-23(28)25-19-9-11-21(12-10-19)33(30,31)26(4)5/h6-14H,15H2,1-5H3,(H,25,28). The van der Waals surface area contributed by atoms with Crippen molar-refractivity contribution in [2.75, 3.05) is 26.0 Å². The lowest BCUT2D eigenvalue weighted by atomic mass is 10.2. The van der Waals surface area contributed by atoms with E-state index in [4.69, 9.17) is 4.74 Å². The highest BCUT2D eigenvalue weighted by Gasteiger charge is 2.20. The Bertz CT molecular complexity index is 1290. The van der Waals surface area contributed by atoms with Gasteiger partial charge in [0.05, 0.1) is 10.5 Å². The number of carbonyl (C=O) groups excluding carboxylic acids is 2. The normalized spacial score (nSPS) is 11.5. The largest absolute Gasteiger partial charge is 0.452 e. The second kappa shape index (κ2) is 9.60. The molecule has 1 heterocycles. The summed E-state index contributed by atoms with van der Waals surface area (Å²) in [6.07, 6.45) is 0. The first-order valence-corrected chi connectivity index (χ1v) is 11.7. The average molecular weight is 470 g/mol. The summed E-state index contributed by atoms with van der Waals surface area (Å²) in [6.45, 7) is 5.26. The number of carbonyl (C=O) groups is 2. The fraction of sp³-hybridized carbons (Fsp3) is 0.250. The molecule has 0 aliphatic heterocycles. The number of aryl methyl sites for hydroxylation is 2. The lowest BCUT2D eigenvalue weighted by Gasteiger charge is -2.12. The van der Waals surface area contributed by atoms with Crippen molar-refractivity contribution in [3.05, 3.63) is 77.1 Å². The number of sulfonamides is 1. The average Bonchev–Trinajstić information content (AvgIpc) is 3.06. The van der Waals surface area contributed by atoms with E-state index in [2.05, 4.69) is 5.32 Å². The Hall–Kier alpha value is -3.43. The zero-order valence-corrected chi connectivity index (χ0v) is 20.1. The van der Waals surface area contributed by atoms with E-state index >= 15 is 0 Å². The summed E-state index contributed by atoms with van der Waals surface area (Å²) in [6, 6.07) is 15.4. The molecule has 33 heavy (non-hydrogen) atoms. The van der Waals surface area contributed by atoms with E-state index in [-0.39, 0.29) is 4.90 Å². The summed E-state index contributed by atoms with van der Waals surface area (Å²) < 4.78 is 32.5. The van der Waals surface area contributed by atoms with Crippen LogP contribution < -0.4 is 5.32 Å². The van der Waals surface area contributed by atoms with Gasteiger partial charge in [-0.05, 0) is 68.8 Å². The van der Waals surface area contributed by atoms with Gasteiger partial charge in [0.1, 0.15) is 0 Å². The van der Waals surface area contributed by atoms with Crippen LogP contribution in [0.5, 0.6) is 0 Å². The van der Waals surface area contributed by atoms with Crippen molar-refractivity contribution >= 4 is 27.6 Å². The molecule has 1 amide bonds. The molecule has 0 saturated carbocycles. The topological polar surface area (TPSA) is 97.7 Å². The molecule has 3 rings (SSSR count). The Morgan fingerprint density at radius 3 is 2.27 bits per heavy atom. The summed E-state index contributed by atoms with van der Waals surface area (Å²) in [5.41, 5.74) is 4.43. The van der Waals surface area contributed by atoms with Crippen LogP contribution in [-0.4, -0.2) is 49.9 Å². The Labute approximate surface area is 193 Å². The van der Waals surface area contributed by atoms with Crippen LogP contribution in [0.3, 0.4) is 0 Å². The first-order valence-electron chi connectivity index (χ1n) is 10.3. The minimum atomic E-state index is -3.55. The zero-order chi connectivity index (χ0) is 24.3. The Balaban J connectivity index is 1.64. The van der Waals surface area contributed by atoms with Crippen LogP contribution in [0.1, 0.15) is 27.3 Å². The number of hydrogen-bond acceptors (Lipinski definition) is 5. The van der Waals surface area contributed by atoms with Crippen molar-refractivity contribution in [3.8, 4) is 5.69 Å². The molecule has 0 saturated heterocycles. The molecule has 0 aliphatic rings. The summed E-state index contributed by atoms with van der Waals surface area (Å²) in [4.78, 5) is 25.0. The van der Waals surface area contributed by atoms with E-state index in [0.717, 1.165) is 26.9 Å². The number of esters is 1. The van der Waals surface area contributed by atoms with Gasteiger partial charge >= 0.3 is 5.97 Å². The van der Waals surface area contributed by atoms with Gasteiger partial charge in [0.2, 0.25) is 10.0 Å². The van der Waals surface area contributed by atoms with Crippen LogP contribution >= 0.6 is 0 Å². The van der Waals surface area contributed by atoms with E-state index in [1.165, 1.54) is 38.4 Å². The van der Waals surface area contributed by atoms with E-state index < -0.39 is 28.5 Å². The highest BCUT2D eigenvalue weighted by Crippen LogP contribution is 2.22. The van der Waals surface area contributed by atoms with Crippen LogP contribution in [-0.2, 0) is 19.6 Å². The lowest BCUT2D eigenvalue weighted by Crippen LogP contribution is -2.22. The van der Waals surface area contributed by atoms with Crippen LogP contribution in [0.2, 0.25) is 0 Å². The summed E-state index contributed by atoms with van der Waals surface area (Å²) in [5, 5.41) is 2.59. The number of hydrogen-bond donors (Lipinski definition) is 1. The number of benzene rings is 2. The molecule has 0 unspecified atom stereocenters. The number of anilines is 1. The van der Waals surface area contributed by atoms with Crippen molar-refractivity contribution in [1.82, 2.24) is 8.87 Å². The molecule has 8 nitrogen and oxygen atoms in total. The van der Waals surface area contributed by atoms with Gasteiger partial charge in [-0.2, -0.15) is 0 Å². The minimum Gasteiger partial charge on any atom is -0.452 e. The zero-order valence-electron chi connectivity index (χ0n) is 19.2. The SMILES string of the molecule is Cc1cccc(-n2c(C)cc(C(=O)OCC(=O)Nc3ccc(S(=O)(=O)N(C)C)cc3)c2C)c1. The third kappa shape index (κ3) is 5.32. The van der Waals surface area contributed by atoms with Gasteiger partial charge in [0.15, 0.2) is 6.61 Å². The molecule has 1 aromatic heterocycles. The Morgan fingerprint density at radius 2 is 1.67 bits per heavy atom. The van der Waals surface area contributed by atoms with Crippen LogP contribution in [0.25, 0.3) is 5.69 Å². The van der Waals surface area contributed by atoms with Gasteiger partial charge in [-0.3, -0.25) is 4.79 Å². The highest BCUT2D eigenvalue weighted by atomic mass is 32.2. The molecule has 0 aliphatic carbocycles. The van der Waals surface area contributed by atoms with Crippen LogP contribution in [0.4, 0.5) is 5.69 Å². The predicted octanol–water partition coefficient (Wildman–Crippen LogP) is 3.45. The first-order chi connectivity index (χ1) is 15.5. The lowest BCUT2D eigenvalue weighted by molar-refractivity contribution is -0.119. The quantitative estimate of drug-likeness (QED) is 0.535. The monoisotopic (exact) mass is 469 g/mol. The predicted molar refractivity (Wildman–Crippen MR) is 126 cm³/mol. The van der Waals surface area contributed by atoms with Crippen molar-refractivity contribution in [2.24, 2.45) is 0 Å². The van der Waals surface area contributed by atoms with Crippen molar-refractivity contribution < 1.29 is 22.7 Å². The molecular weight excluding hydrogens is 442 g/mol. The molecule has 1 N–H and O–H groups in total. The van der Waals surface area contributed by atoms with Gasteiger partial charge in [-0.15, -0.1) is 0 Å². The summed E-state index contributed by atoms with van der Waals surface area (Å²) >= 11 is 0. The number of ether oxygens (including phenoxy) is 1. The Kier molecular flexibility index (Phi) is 7.04. The maximum absolute atomic E-state index is 12.6. The second-order valence-corrected chi connectivity index (χ2v) is 10.0. The van der Waals surface area contributed by atoms with Crippen molar-refractivity contribution in [1.29, 1.82) is 0 Å². The summed E-state index contributed by atoms with van der Waals surface area (Å²) in [7, 11) is -0.669. The van der Waals surface area contributed by atoms with Crippen LogP contribution in [0, 0.1) is 20.8 Å². The molecule has 2 aromatic carbocycles. The Morgan fingerprint density at radius 1 is 1.00 bits per heavy atom. The van der Waals surface area contributed by atoms with Crippen LogP contribution in [0.15, 0.2) is 59.5 Å². The molecule has 0 spiro atoms. The number of nitrogens with zero attached hydrogens (tertiary/aromatic N) is 2. The third-order valence-electron chi connectivity index (χ3n) is 5.16. The molecule has 0 bridgehead atoms. The van der Waals surface area contributed by atoms with E-state index in [0.29, 0.717) is 11.3 Å². The molecule has 3 aromatic rings. The van der Waals surface area contributed by atoms with Crippen molar-refractivity contribution in [2.45, 2.75) is 25.7 Å². The molecule has 0 radical (unpaired) electrons. The van der Waals surface area contributed by atoms with Gasteiger partial charge in [0, 0.05) is 36.9 Å². The van der Waals surface area contributed by atoms with E-state index in [1.807, 2.05) is 49.6 Å². The number of nitrogens with one attached hydrogen (secondary N) is 1.